The van der Waals surface area contributed by atoms with E-state index < -0.39 is 11.4 Å². The average molecular weight is 264 g/mol. The number of pyridine rings is 1. The molecule has 1 rings (SSSR count). The number of hydrogen-bond acceptors (Lipinski definition) is 3. The smallest absolute Gasteiger partial charge is 0.311 e. The molecule has 0 aliphatic heterocycles. The number of carbonyl (C=O) groups excluding carboxylic acids is 1. The van der Waals surface area contributed by atoms with Crippen LogP contribution in [-0.4, -0.2) is 28.5 Å². The third kappa shape index (κ3) is 3.77. The highest BCUT2D eigenvalue weighted by atomic mass is 16.4. The summed E-state index contributed by atoms with van der Waals surface area (Å²) in [6.45, 7) is 7.20. The first-order valence-corrected chi connectivity index (χ1v) is 6.25. The monoisotopic (exact) mass is 264 g/mol. The Morgan fingerprint density at radius 3 is 2.47 bits per heavy atom. The standard InChI is InChI=1S/C14H20N2O3/c1-5-14(4,13(18)19)8-15-12(17)11-7-9(2)6-10(3)16-11/h6-7H,5,8H2,1-4H3,(H,15,17)(H,18,19). The number of aliphatic carboxylic acids is 1. The average Bonchev–Trinajstić information content (AvgIpc) is 2.34. The Balaban J connectivity index is 2.78. The highest BCUT2D eigenvalue weighted by Gasteiger charge is 2.31. The van der Waals surface area contributed by atoms with Crippen LogP contribution in [0.3, 0.4) is 0 Å². The van der Waals surface area contributed by atoms with E-state index in [1.54, 1.807) is 19.9 Å². The molecule has 0 radical (unpaired) electrons. The van der Waals surface area contributed by atoms with Crippen molar-refractivity contribution in [2.45, 2.75) is 34.1 Å². The summed E-state index contributed by atoms with van der Waals surface area (Å²) in [5, 5.41) is 11.8. The van der Waals surface area contributed by atoms with E-state index >= 15 is 0 Å². The molecule has 1 atom stereocenters. The number of carboxylic acids is 1. The van der Waals surface area contributed by atoms with Gasteiger partial charge in [-0.25, -0.2) is 4.98 Å². The van der Waals surface area contributed by atoms with Crippen LogP contribution in [-0.2, 0) is 4.79 Å². The molecule has 0 aromatic carbocycles. The summed E-state index contributed by atoms with van der Waals surface area (Å²) in [5.74, 6) is -1.25. The van der Waals surface area contributed by atoms with E-state index in [1.165, 1.54) is 0 Å². The fraction of sp³-hybridized carbons (Fsp3) is 0.500. The molecule has 0 fully saturated rings. The van der Waals surface area contributed by atoms with Gasteiger partial charge in [0.1, 0.15) is 5.69 Å². The van der Waals surface area contributed by atoms with Crippen LogP contribution in [0, 0.1) is 19.3 Å². The molecule has 0 aliphatic carbocycles. The molecule has 0 aliphatic rings. The number of amides is 1. The van der Waals surface area contributed by atoms with Crippen molar-refractivity contribution in [2.75, 3.05) is 6.54 Å². The van der Waals surface area contributed by atoms with Crippen molar-refractivity contribution < 1.29 is 14.7 Å². The molecule has 2 N–H and O–H groups in total. The van der Waals surface area contributed by atoms with Gasteiger partial charge in [0.05, 0.1) is 5.41 Å². The van der Waals surface area contributed by atoms with Crippen LogP contribution in [0.2, 0.25) is 0 Å². The van der Waals surface area contributed by atoms with Gasteiger partial charge in [-0.2, -0.15) is 0 Å². The van der Waals surface area contributed by atoms with Gasteiger partial charge >= 0.3 is 5.97 Å². The minimum atomic E-state index is -0.950. The van der Waals surface area contributed by atoms with Crippen molar-refractivity contribution in [3.8, 4) is 0 Å². The summed E-state index contributed by atoms with van der Waals surface area (Å²) in [5.41, 5.74) is 1.09. The predicted molar refractivity (Wildman–Crippen MR) is 72.1 cm³/mol. The maximum absolute atomic E-state index is 12.0. The molecule has 19 heavy (non-hydrogen) atoms. The number of hydrogen-bond donors (Lipinski definition) is 2. The van der Waals surface area contributed by atoms with E-state index in [0.717, 1.165) is 11.3 Å². The zero-order valence-corrected chi connectivity index (χ0v) is 11.8. The second-order valence-corrected chi connectivity index (χ2v) is 5.07. The molecule has 104 valence electrons. The third-order valence-electron chi connectivity index (χ3n) is 3.27. The quantitative estimate of drug-likeness (QED) is 0.851. The van der Waals surface area contributed by atoms with Crippen LogP contribution < -0.4 is 5.32 Å². The number of carbonyl (C=O) groups is 2. The zero-order valence-electron chi connectivity index (χ0n) is 11.8. The van der Waals surface area contributed by atoms with Crippen LogP contribution in [0.4, 0.5) is 0 Å². The van der Waals surface area contributed by atoms with Crippen LogP contribution in [0.15, 0.2) is 12.1 Å². The summed E-state index contributed by atoms with van der Waals surface area (Å²) in [7, 11) is 0. The highest BCUT2D eigenvalue weighted by Crippen LogP contribution is 2.20. The first-order valence-electron chi connectivity index (χ1n) is 6.25. The van der Waals surface area contributed by atoms with Gasteiger partial charge in [-0.1, -0.05) is 6.92 Å². The van der Waals surface area contributed by atoms with Gasteiger partial charge in [-0.15, -0.1) is 0 Å². The first-order chi connectivity index (χ1) is 8.78. The Labute approximate surface area is 113 Å². The van der Waals surface area contributed by atoms with Gasteiger partial charge in [0.15, 0.2) is 0 Å². The molecule has 5 nitrogen and oxygen atoms in total. The van der Waals surface area contributed by atoms with E-state index in [0.29, 0.717) is 12.1 Å². The number of aryl methyl sites for hydroxylation is 2. The van der Waals surface area contributed by atoms with Crippen molar-refractivity contribution in [2.24, 2.45) is 5.41 Å². The number of nitrogens with one attached hydrogen (secondary N) is 1. The fourth-order valence-electron chi connectivity index (χ4n) is 1.68. The minimum Gasteiger partial charge on any atom is -0.481 e. The van der Waals surface area contributed by atoms with E-state index in [1.807, 2.05) is 19.9 Å². The van der Waals surface area contributed by atoms with Crippen molar-refractivity contribution in [3.05, 3.63) is 29.1 Å². The lowest BCUT2D eigenvalue weighted by molar-refractivity contribution is -0.147. The maximum atomic E-state index is 12.0. The van der Waals surface area contributed by atoms with Gasteiger partial charge in [0.2, 0.25) is 0 Å². The Hall–Kier alpha value is -1.91. The van der Waals surface area contributed by atoms with Gasteiger partial charge in [-0.3, -0.25) is 9.59 Å². The topological polar surface area (TPSA) is 79.3 Å². The van der Waals surface area contributed by atoms with Gasteiger partial charge < -0.3 is 10.4 Å². The van der Waals surface area contributed by atoms with Crippen molar-refractivity contribution in [3.63, 3.8) is 0 Å². The summed E-state index contributed by atoms with van der Waals surface area (Å²) in [4.78, 5) is 27.3. The summed E-state index contributed by atoms with van der Waals surface area (Å²) in [6, 6.07) is 3.57. The molecule has 0 bridgehead atoms. The molecule has 0 saturated heterocycles. The van der Waals surface area contributed by atoms with Crippen LogP contribution in [0.25, 0.3) is 0 Å². The number of aromatic nitrogens is 1. The second kappa shape index (κ2) is 5.82. The van der Waals surface area contributed by atoms with E-state index in [9.17, 15) is 9.59 Å². The number of carboxylic acid groups (broad SMARTS) is 1. The summed E-state index contributed by atoms with van der Waals surface area (Å²) in [6.07, 6.45) is 0.447. The second-order valence-electron chi connectivity index (χ2n) is 5.07. The van der Waals surface area contributed by atoms with Crippen molar-refractivity contribution >= 4 is 11.9 Å². The summed E-state index contributed by atoms with van der Waals surface area (Å²) >= 11 is 0. The van der Waals surface area contributed by atoms with Gasteiger partial charge in [0.25, 0.3) is 5.91 Å². The van der Waals surface area contributed by atoms with E-state index in [2.05, 4.69) is 10.3 Å². The molecule has 1 amide bonds. The Kier molecular flexibility index (Phi) is 4.64. The molecule has 1 aromatic heterocycles. The summed E-state index contributed by atoms with van der Waals surface area (Å²) < 4.78 is 0. The first kappa shape index (κ1) is 15.1. The lowest BCUT2D eigenvalue weighted by atomic mass is 9.87. The van der Waals surface area contributed by atoms with Crippen LogP contribution in [0.5, 0.6) is 0 Å². The molecule has 1 unspecified atom stereocenters. The Morgan fingerprint density at radius 1 is 1.37 bits per heavy atom. The van der Waals surface area contributed by atoms with Crippen LogP contribution >= 0.6 is 0 Å². The third-order valence-corrected chi connectivity index (χ3v) is 3.27. The van der Waals surface area contributed by atoms with Crippen LogP contribution in [0.1, 0.15) is 42.0 Å². The zero-order chi connectivity index (χ0) is 14.6. The number of rotatable bonds is 5. The van der Waals surface area contributed by atoms with Gasteiger partial charge in [-0.05, 0) is 44.9 Å². The largest absolute Gasteiger partial charge is 0.481 e. The molecule has 5 heteroatoms. The molecular formula is C14H20N2O3. The molecule has 0 saturated carbocycles. The molecular weight excluding hydrogens is 244 g/mol. The highest BCUT2D eigenvalue weighted by molar-refractivity contribution is 5.92. The minimum absolute atomic E-state index is 0.0896. The fourth-order valence-corrected chi connectivity index (χ4v) is 1.68. The lowest BCUT2D eigenvalue weighted by Gasteiger charge is -2.23. The maximum Gasteiger partial charge on any atom is 0.311 e. The van der Waals surface area contributed by atoms with Gasteiger partial charge in [0, 0.05) is 12.2 Å². The molecule has 1 heterocycles. The normalized spacial score (nSPS) is 13.7. The number of nitrogens with zero attached hydrogens (tertiary/aromatic N) is 1. The predicted octanol–water partition coefficient (Wildman–Crippen LogP) is 1.93. The molecule has 0 spiro atoms. The van der Waals surface area contributed by atoms with Crippen molar-refractivity contribution in [1.82, 2.24) is 10.3 Å². The van der Waals surface area contributed by atoms with Crippen molar-refractivity contribution in [1.29, 1.82) is 0 Å². The Bertz CT molecular complexity index is 479. The lowest BCUT2D eigenvalue weighted by Crippen LogP contribution is -2.40. The van der Waals surface area contributed by atoms with E-state index in [-0.39, 0.29) is 12.5 Å². The SMILES string of the molecule is CCC(C)(CNC(=O)c1cc(C)cc(C)n1)C(=O)O. The van der Waals surface area contributed by atoms with E-state index in [4.69, 9.17) is 5.11 Å². The Morgan fingerprint density at radius 2 is 2.00 bits per heavy atom. The molecule has 1 aromatic rings.